The highest BCUT2D eigenvalue weighted by Gasteiger charge is 2.12. The van der Waals surface area contributed by atoms with E-state index in [1.807, 2.05) is 23.6 Å². The zero-order valence-corrected chi connectivity index (χ0v) is 12.9. The average Bonchev–Trinajstić information content (AvgIpc) is 3.25. The highest BCUT2D eigenvalue weighted by Crippen LogP contribution is 2.24. The van der Waals surface area contributed by atoms with Crippen LogP contribution in [-0.4, -0.2) is 22.7 Å². The van der Waals surface area contributed by atoms with Gasteiger partial charge in [-0.15, -0.1) is 11.3 Å². The summed E-state index contributed by atoms with van der Waals surface area (Å²) in [5.41, 5.74) is 1.59. The summed E-state index contributed by atoms with van der Waals surface area (Å²) in [5.74, 6) is 0.413. The first-order valence-electron chi connectivity index (χ1n) is 6.98. The summed E-state index contributed by atoms with van der Waals surface area (Å²) < 4.78 is 5.08. The molecule has 0 radical (unpaired) electrons. The van der Waals surface area contributed by atoms with Crippen LogP contribution in [0.4, 0.5) is 10.5 Å². The second kappa shape index (κ2) is 7.08. The minimum atomic E-state index is -0.877. The molecule has 0 saturated carbocycles. The summed E-state index contributed by atoms with van der Waals surface area (Å²) in [5, 5.41) is 18.0. The standard InChI is InChI=1S/C16H15N3O3S/c20-13(14-5-2-7-22-14)10-18-16(21)19-12-4-1-3-11(9-12)15-17-6-8-23-15/h1-9,13,20H,10H2,(H2,18,19,21). The number of anilines is 1. The molecule has 2 heterocycles. The second-order valence-corrected chi connectivity index (χ2v) is 5.68. The fourth-order valence-electron chi connectivity index (χ4n) is 2.04. The van der Waals surface area contributed by atoms with Gasteiger partial charge in [0.05, 0.1) is 12.8 Å². The molecule has 0 fully saturated rings. The Hall–Kier alpha value is -2.64. The number of aromatic nitrogens is 1. The number of thiazole rings is 1. The molecule has 3 rings (SSSR count). The number of rotatable bonds is 5. The summed E-state index contributed by atoms with van der Waals surface area (Å²) in [7, 11) is 0. The third kappa shape index (κ3) is 3.97. The van der Waals surface area contributed by atoms with Crippen molar-refractivity contribution in [3.8, 4) is 10.6 Å². The maximum absolute atomic E-state index is 11.9. The van der Waals surface area contributed by atoms with Crippen LogP contribution in [0.15, 0.2) is 58.7 Å². The summed E-state index contributed by atoms with van der Waals surface area (Å²) in [6, 6.07) is 10.4. The lowest BCUT2D eigenvalue weighted by Gasteiger charge is -2.11. The predicted octanol–water partition coefficient (Wildman–Crippen LogP) is 3.26. The number of carbonyl (C=O) groups is 1. The first-order chi connectivity index (χ1) is 11.2. The van der Waals surface area contributed by atoms with Gasteiger partial charge in [-0.3, -0.25) is 0 Å². The third-order valence-electron chi connectivity index (χ3n) is 3.13. The van der Waals surface area contributed by atoms with E-state index in [0.29, 0.717) is 11.4 Å². The molecular formula is C16H15N3O3S. The van der Waals surface area contributed by atoms with E-state index in [1.54, 1.807) is 24.4 Å². The Morgan fingerprint density at radius 1 is 1.35 bits per heavy atom. The van der Waals surface area contributed by atoms with E-state index in [1.165, 1.54) is 17.6 Å². The largest absolute Gasteiger partial charge is 0.467 e. The van der Waals surface area contributed by atoms with Gasteiger partial charge >= 0.3 is 6.03 Å². The van der Waals surface area contributed by atoms with E-state index in [2.05, 4.69) is 15.6 Å². The number of aliphatic hydroxyl groups excluding tert-OH is 1. The molecule has 0 aliphatic carbocycles. The smallest absolute Gasteiger partial charge is 0.319 e. The van der Waals surface area contributed by atoms with Gasteiger partial charge in [-0.1, -0.05) is 12.1 Å². The van der Waals surface area contributed by atoms with Crippen molar-refractivity contribution in [2.75, 3.05) is 11.9 Å². The molecule has 7 heteroatoms. The van der Waals surface area contributed by atoms with Crippen LogP contribution in [0.2, 0.25) is 0 Å². The van der Waals surface area contributed by atoms with Crippen LogP contribution in [0.3, 0.4) is 0 Å². The number of furan rings is 1. The van der Waals surface area contributed by atoms with Crippen LogP contribution in [0.25, 0.3) is 10.6 Å². The minimum Gasteiger partial charge on any atom is -0.467 e. The predicted molar refractivity (Wildman–Crippen MR) is 88.2 cm³/mol. The minimum absolute atomic E-state index is 0.0610. The maximum Gasteiger partial charge on any atom is 0.319 e. The number of benzene rings is 1. The fourth-order valence-corrected chi connectivity index (χ4v) is 2.68. The number of amides is 2. The Bertz CT molecular complexity index is 757. The topological polar surface area (TPSA) is 87.4 Å². The first-order valence-corrected chi connectivity index (χ1v) is 7.86. The van der Waals surface area contributed by atoms with Crippen molar-refractivity contribution in [1.82, 2.24) is 10.3 Å². The van der Waals surface area contributed by atoms with E-state index in [0.717, 1.165) is 10.6 Å². The second-order valence-electron chi connectivity index (χ2n) is 4.78. The summed E-state index contributed by atoms with van der Waals surface area (Å²) >= 11 is 1.53. The molecule has 1 aromatic carbocycles. The highest BCUT2D eigenvalue weighted by atomic mass is 32.1. The summed E-state index contributed by atoms with van der Waals surface area (Å²) in [6.45, 7) is 0.0610. The number of hydrogen-bond acceptors (Lipinski definition) is 5. The van der Waals surface area contributed by atoms with E-state index in [9.17, 15) is 9.90 Å². The Balaban J connectivity index is 1.57. The number of hydrogen-bond donors (Lipinski definition) is 3. The average molecular weight is 329 g/mol. The van der Waals surface area contributed by atoms with E-state index in [-0.39, 0.29) is 6.54 Å². The van der Waals surface area contributed by atoms with Crippen molar-refractivity contribution in [2.24, 2.45) is 0 Å². The van der Waals surface area contributed by atoms with E-state index in [4.69, 9.17) is 4.42 Å². The molecule has 6 nitrogen and oxygen atoms in total. The highest BCUT2D eigenvalue weighted by molar-refractivity contribution is 7.13. The van der Waals surface area contributed by atoms with Gasteiger partial charge in [-0.2, -0.15) is 0 Å². The molecule has 0 spiro atoms. The lowest BCUT2D eigenvalue weighted by Crippen LogP contribution is -2.32. The van der Waals surface area contributed by atoms with Gasteiger partial charge in [0.2, 0.25) is 0 Å². The number of carbonyl (C=O) groups excluding carboxylic acids is 1. The van der Waals surface area contributed by atoms with Gasteiger partial charge in [0.25, 0.3) is 0 Å². The molecule has 23 heavy (non-hydrogen) atoms. The first kappa shape index (κ1) is 15.3. The molecule has 118 valence electrons. The number of urea groups is 1. The molecule has 0 saturated heterocycles. The molecule has 1 unspecified atom stereocenters. The van der Waals surface area contributed by atoms with Crippen molar-refractivity contribution in [1.29, 1.82) is 0 Å². The van der Waals surface area contributed by atoms with Gasteiger partial charge in [-0.25, -0.2) is 9.78 Å². The van der Waals surface area contributed by atoms with Gasteiger partial charge in [-0.05, 0) is 24.3 Å². The Labute approximate surface area is 136 Å². The van der Waals surface area contributed by atoms with Crippen molar-refractivity contribution in [2.45, 2.75) is 6.10 Å². The van der Waals surface area contributed by atoms with Crippen molar-refractivity contribution in [3.63, 3.8) is 0 Å². The van der Waals surface area contributed by atoms with Crippen molar-refractivity contribution in [3.05, 3.63) is 60.0 Å². The number of nitrogens with one attached hydrogen (secondary N) is 2. The zero-order valence-electron chi connectivity index (χ0n) is 12.1. The van der Waals surface area contributed by atoms with Crippen LogP contribution < -0.4 is 10.6 Å². The third-order valence-corrected chi connectivity index (χ3v) is 3.95. The molecule has 0 bridgehead atoms. The molecule has 2 aromatic heterocycles. The number of aliphatic hydroxyl groups is 1. The molecule has 0 aliphatic rings. The van der Waals surface area contributed by atoms with Gasteiger partial charge in [0.1, 0.15) is 16.9 Å². The van der Waals surface area contributed by atoms with Crippen LogP contribution in [-0.2, 0) is 0 Å². The van der Waals surface area contributed by atoms with Crippen LogP contribution in [0.5, 0.6) is 0 Å². The lowest BCUT2D eigenvalue weighted by atomic mass is 10.2. The van der Waals surface area contributed by atoms with Crippen LogP contribution in [0.1, 0.15) is 11.9 Å². The van der Waals surface area contributed by atoms with E-state index < -0.39 is 12.1 Å². The number of nitrogens with zero attached hydrogens (tertiary/aromatic N) is 1. The Morgan fingerprint density at radius 3 is 3.00 bits per heavy atom. The lowest BCUT2D eigenvalue weighted by molar-refractivity contribution is 0.149. The quantitative estimate of drug-likeness (QED) is 0.670. The SMILES string of the molecule is O=C(NCC(O)c1ccco1)Nc1cccc(-c2nccs2)c1. The zero-order chi connectivity index (χ0) is 16.1. The summed E-state index contributed by atoms with van der Waals surface area (Å²) in [4.78, 5) is 16.1. The molecule has 3 aromatic rings. The monoisotopic (exact) mass is 329 g/mol. The Morgan fingerprint density at radius 2 is 2.26 bits per heavy atom. The fraction of sp³-hybridized carbons (Fsp3) is 0.125. The molecule has 2 amide bonds. The molecule has 0 aliphatic heterocycles. The van der Waals surface area contributed by atoms with Crippen molar-refractivity contribution >= 4 is 23.1 Å². The van der Waals surface area contributed by atoms with E-state index >= 15 is 0 Å². The van der Waals surface area contributed by atoms with Crippen LogP contribution in [0, 0.1) is 0 Å². The molecular weight excluding hydrogens is 314 g/mol. The molecule has 3 N–H and O–H groups in total. The molecule has 1 atom stereocenters. The normalized spacial score (nSPS) is 11.9. The van der Waals surface area contributed by atoms with Crippen LogP contribution >= 0.6 is 11.3 Å². The van der Waals surface area contributed by atoms with Gasteiger partial charge in [0.15, 0.2) is 0 Å². The van der Waals surface area contributed by atoms with Gasteiger partial charge < -0.3 is 20.2 Å². The van der Waals surface area contributed by atoms with Crippen molar-refractivity contribution < 1.29 is 14.3 Å². The Kier molecular flexibility index (Phi) is 4.70. The maximum atomic E-state index is 11.9. The van der Waals surface area contributed by atoms with Gasteiger partial charge in [0, 0.05) is 22.8 Å². The summed E-state index contributed by atoms with van der Waals surface area (Å²) in [6.07, 6.45) is 2.34.